The van der Waals surface area contributed by atoms with Crippen molar-refractivity contribution in [1.82, 2.24) is 0 Å². The number of nitrogen functional groups attached to an aromatic ring is 1. The molecule has 24 heavy (non-hydrogen) atoms. The van der Waals surface area contributed by atoms with Crippen molar-refractivity contribution in [2.75, 3.05) is 22.5 Å². The van der Waals surface area contributed by atoms with Crippen LogP contribution < -0.4 is 20.7 Å². The molecule has 0 bridgehead atoms. The van der Waals surface area contributed by atoms with Crippen molar-refractivity contribution in [2.24, 2.45) is 0 Å². The van der Waals surface area contributed by atoms with Crippen LogP contribution in [0.25, 0.3) is 0 Å². The summed E-state index contributed by atoms with van der Waals surface area (Å²) in [6, 6.07) is 10.7. The van der Waals surface area contributed by atoms with E-state index in [-0.39, 0.29) is 17.8 Å². The molecule has 0 aliphatic carbocycles. The Morgan fingerprint density at radius 2 is 2.04 bits per heavy atom. The van der Waals surface area contributed by atoms with Crippen molar-refractivity contribution in [1.29, 1.82) is 0 Å². The van der Waals surface area contributed by atoms with E-state index in [0.717, 1.165) is 5.69 Å². The zero-order valence-electron chi connectivity index (χ0n) is 13.6. The van der Waals surface area contributed by atoms with Gasteiger partial charge in [-0.3, -0.25) is 4.79 Å². The normalized spacial score (nSPS) is 17.6. The minimum atomic E-state index is -0.413. The summed E-state index contributed by atoms with van der Waals surface area (Å²) in [5, 5.41) is 2.81. The first-order chi connectivity index (χ1) is 11.4. The molecule has 2 atom stereocenters. The van der Waals surface area contributed by atoms with Gasteiger partial charge in [-0.15, -0.1) is 0 Å². The number of fused-ring (bicyclic) bond motifs is 1. The van der Waals surface area contributed by atoms with Gasteiger partial charge < -0.3 is 20.7 Å². The lowest BCUT2D eigenvalue weighted by Crippen LogP contribution is -2.48. The molecule has 0 saturated carbocycles. The quantitative estimate of drug-likeness (QED) is 0.850. The number of rotatable bonds is 3. The number of ether oxygens (including phenoxy) is 1. The Morgan fingerprint density at radius 3 is 2.75 bits per heavy atom. The molecular formula is C18H20FN3O2. The minimum absolute atomic E-state index is 0.0552. The standard InChI is InChI=1S/C18H20FN3O2/c1-11-10-22(16-8-5-14(20)9-17(16)24-11)12(2)18(23)21-15-6-3-13(19)4-7-15/h3-9,11-12H,10,20H2,1-2H3,(H,21,23). The highest BCUT2D eigenvalue weighted by Crippen LogP contribution is 2.36. The number of nitrogens with two attached hydrogens (primary N) is 1. The Bertz CT molecular complexity index is 748. The molecule has 0 radical (unpaired) electrons. The topological polar surface area (TPSA) is 67.6 Å². The number of nitrogens with zero attached hydrogens (tertiary/aromatic N) is 1. The third-order valence-corrected chi connectivity index (χ3v) is 4.03. The van der Waals surface area contributed by atoms with Crippen LogP contribution in [0, 0.1) is 5.82 Å². The lowest BCUT2D eigenvalue weighted by molar-refractivity contribution is -0.117. The van der Waals surface area contributed by atoms with Crippen molar-refractivity contribution in [3.8, 4) is 5.75 Å². The second-order valence-electron chi connectivity index (χ2n) is 5.98. The van der Waals surface area contributed by atoms with Gasteiger partial charge in [0.15, 0.2) is 0 Å². The predicted molar refractivity (Wildman–Crippen MR) is 92.8 cm³/mol. The molecule has 126 valence electrons. The maximum absolute atomic E-state index is 13.0. The molecular weight excluding hydrogens is 309 g/mol. The van der Waals surface area contributed by atoms with Crippen molar-refractivity contribution in [3.05, 3.63) is 48.3 Å². The first-order valence-corrected chi connectivity index (χ1v) is 7.83. The number of halogens is 1. The average Bonchev–Trinajstić information content (AvgIpc) is 2.55. The zero-order chi connectivity index (χ0) is 17.3. The van der Waals surface area contributed by atoms with Crippen LogP contribution in [0.5, 0.6) is 5.75 Å². The average molecular weight is 329 g/mol. The largest absolute Gasteiger partial charge is 0.487 e. The monoisotopic (exact) mass is 329 g/mol. The van der Waals surface area contributed by atoms with E-state index >= 15 is 0 Å². The number of nitrogens with one attached hydrogen (secondary N) is 1. The smallest absolute Gasteiger partial charge is 0.246 e. The molecule has 1 aliphatic heterocycles. The summed E-state index contributed by atoms with van der Waals surface area (Å²) in [6.45, 7) is 4.37. The third kappa shape index (κ3) is 3.27. The van der Waals surface area contributed by atoms with E-state index in [2.05, 4.69) is 5.32 Å². The Morgan fingerprint density at radius 1 is 1.33 bits per heavy atom. The lowest BCUT2D eigenvalue weighted by Gasteiger charge is -2.38. The van der Waals surface area contributed by atoms with E-state index in [1.165, 1.54) is 24.3 Å². The van der Waals surface area contributed by atoms with E-state index < -0.39 is 6.04 Å². The summed E-state index contributed by atoms with van der Waals surface area (Å²) in [5.41, 5.74) is 7.83. The molecule has 2 aromatic carbocycles. The SMILES string of the molecule is CC1CN(C(C)C(=O)Nc2ccc(F)cc2)c2ccc(N)cc2O1. The highest BCUT2D eigenvalue weighted by molar-refractivity contribution is 5.97. The van der Waals surface area contributed by atoms with Crippen LogP contribution in [0.15, 0.2) is 42.5 Å². The van der Waals surface area contributed by atoms with E-state index in [9.17, 15) is 9.18 Å². The minimum Gasteiger partial charge on any atom is -0.487 e. The van der Waals surface area contributed by atoms with E-state index in [1.807, 2.05) is 24.8 Å². The molecule has 0 fully saturated rings. The van der Waals surface area contributed by atoms with Gasteiger partial charge in [0.2, 0.25) is 5.91 Å². The maximum Gasteiger partial charge on any atom is 0.246 e. The first kappa shape index (κ1) is 16.1. The fourth-order valence-electron chi connectivity index (χ4n) is 2.78. The highest BCUT2D eigenvalue weighted by atomic mass is 19.1. The second-order valence-corrected chi connectivity index (χ2v) is 5.98. The third-order valence-electron chi connectivity index (χ3n) is 4.03. The van der Waals surface area contributed by atoms with Crippen LogP contribution in [-0.2, 0) is 4.79 Å². The fraction of sp³-hybridized carbons (Fsp3) is 0.278. The van der Waals surface area contributed by atoms with Gasteiger partial charge in [-0.2, -0.15) is 0 Å². The summed E-state index contributed by atoms with van der Waals surface area (Å²) in [7, 11) is 0. The molecule has 2 unspecified atom stereocenters. The van der Waals surface area contributed by atoms with E-state index in [0.29, 0.717) is 23.7 Å². The maximum atomic E-state index is 13.0. The Kier molecular flexibility index (Phi) is 4.29. The molecule has 0 saturated heterocycles. The van der Waals surface area contributed by atoms with Gasteiger partial charge in [0, 0.05) is 17.4 Å². The Balaban J connectivity index is 1.80. The molecule has 1 amide bonds. The Hall–Kier alpha value is -2.76. The molecule has 1 heterocycles. The number of carbonyl (C=O) groups is 1. The van der Waals surface area contributed by atoms with Crippen molar-refractivity contribution in [3.63, 3.8) is 0 Å². The lowest BCUT2D eigenvalue weighted by atomic mass is 10.1. The number of amides is 1. The van der Waals surface area contributed by atoms with Gasteiger partial charge >= 0.3 is 0 Å². The summed E-state index contributed by atoms with van der Waals surface area (Å²) in [5.74, 6) is 0.170. The fourth-order valence-corrected chi connectivity index (χ4v) is 2.78. The predicted octanol–water partition coefficient (Wildman–Crippen LogP) is 3.02. The zero-order valence-corrected chi connectivity index (χ0v) is 13.6. The van der Waals surface area contributed by atoms with Gasteiger partial charge in [0.25, 0.3) is 0 Å². The summed E-state index contributed by atoms with van der Waals surface area (Å²) in [4.78, 5) is 14.6. The van der Waals surface area contributed by atoms with Gasteiger partial charge in [0.1, 0.15) is 23.7 Å². The first-order valence-electron chi connectivity index (χ1n) is 7.83. The number of hydrogen-bond acceptors (Lipinski definition) is 4. The molecule has 3 rings (SSSR count). The van der Waals surface area contributed by atoms with Gasteiger partial charge in [0.05, 0.1) is 12.2 Å². The molecule has 0 spiro atoms. The van der Waals surface area contributed by atoms with Crippen LogP contribution in [0.3, 0.4) is 0 Å². The van der Waals surface area contributed by atoms with Crippen molar-refractivity contribution >= 4 is 23.0 Å². The molecule has 2 aromatic rings. The van der Waals surface area contributed by atoms with Crippen LogP contribution in [0.1, 0.15) is 13.8 Å². The van der Waals surface area contributed by atoms with Crippen LogP contribution >= 0.6 is 0 Å². The molecule has 0 aromatic heterocycles. The summed E-state index contributed by atoms with van der Waals surface area (Å²) < 4.78 is 18.8. The molecule has 1 aliphatic rings. The van der Waals surface area contributed by atoms with E-state index in [4.69, 9.17) is 10.5 Å². The number of carbonyl (C=O) groups excluding carboxylic acids is 1. The number of hydrogen-bond donors (Lipinski definition) is 2. The molecule has 5 nitrogen and oxygen atoms in total. The number of anilines is 3. The van der Waals surface area contributed by atoms with Gasteiger partial charge in [-0.25, -0.2) is 4.39 Å². The van der Waals surface area contributed by atoms with Crippen molar-refractivity contribution < 1.29 is 13.9 Å². The summed E-state index contributed by atoms with van der Waals surface area (Å²) in [6.07, 6.45) is -0.0552. The second kappa shape index (κ2) is 6.39. The van der Waals surface area contributed by atoms with Crippen LogP contribution in [0.4, 0.5) is 21.5 Å². The van der Waals surface area contributed by atoms with Crippen LogP contribution in [0.2, 0.25) is 0 Å². The van der Waals surface area contributed by atoms with Crippen LogP contribution in [-0.4, -0.2) is 24.6 Å². The molecule has 6 heteroatoms. The van der Waals surface area contributed by atoms with E-state index in [1.54, 1.807) is 12.1 Å². The molecule has 3 N–H and O–H groups in total. The van der Waals surface area contributed by atoms with Gasteiger partial charge in [-0.05, 0) is 50.2 Å². The summed E-state index contributed by atoms with van der Waals surface area (Å²) >= 11 is 0. The van der Waals surface area contributed by atoms with Gasteiger partial charge in [-0.1, -0.05) is 0 Å². The highest BCUT2D eigenvalue weighted by Gasteiger charge is 2.30. The van der Waals surface area contributed by atoms with Crippen molar-refractivity contribution in [2.45, 2.75) is 26.0 Å². The number of benzene rings is 2. The Labute approximate surface area is 140 Å².